The van der Waals surface area contributed by atoms with Crippen LogP contribution < -0.4 is 10.1 Å². The molecule has 1 aromatic rings. The minimum atomic E-state index is -0.889. The number of benzene rings is 1. The van der Waals surface area contributed by atoms with E-state index in [9.17, 15) is 18.4 Å². The summed E-state index contributed by atoms with van der Waals surface area (Å²) in [6.45, 7) is 0.554. The molecule has 1 unspecified atom stereocenters. The highest BCUT2D eigenvalue weighted by Gasteiger charge is 2.40. The smallest absolute Gasteiger partial charge is 0.247 e. The predicted octanol–water partition coefficient (Wildman–Crippen LogP) is 2.31. The standard InChI is InChI=1S/C16H18F2N2O3/c1-23-14-11(17)7-10(8-12(14)18)19-15(21)13-3-2-6-20(13)16(22)9-4-5-9/h7-9,13H,2-6H2,1H3,(H,19,21). The molecule has 1 heterocycles. The third kappa shape index (κ3) is 3.13. The monoisotopic (exact) mass is 324 g/mol. The second-order valence-corrected chi connectivity index (χ2v) is 5.93. The Morgan fingerprint density at radius 2 is 1.87 bits per heavy atom. The van der Waals surface area contributed by atoms with Gasteiger partial charge in [-0.25, -0.2) is 8.78 Å². The van der Waals surface area contributed by atoms with E-state index in [1.807, 2.05) is 0 Å². The van der Waals surface area contributed by atoms with Gasteiger partial charge in [-0.1, -0.05) is 0 Å². The van der Waals surface area contributed by atoms with Gasteiger partial charge in [-0.05, 0) is 25.7 Å². The van der Waals surface area contributed by atoms with Crippen LogP contribution in [0.4, 0.5) is 14.5 Å². The van der Waals surface area contributed by atoms with Crippen molar-refractivity contribution in [1.82, 2.24) is 4.90 Å². The van der Waals surface area contributed by atoms with Crippen LogP contribution in [0, 0.1) is 17.6 Å². The van der Waals surface area contributed by atoms with Crippen molar-refractivity contribution >= 4 is 17.5 Å². The lowest BCUT2D eigenvalue weighted by Crippen LogP contribution is -2.43. The summed E-state index contributed by atoms with van der Waals surface area (Å²) in [5, 5.41) is 2.49. The Morgan fingerprint density at radius 3 is 2.43 bits per heavy atom. The highest BCUT2D eigenvalue weighted by atomic mass is 19.1. The third-order valence-corrected chi connectivity index (χ3v) is 4.24. The minimum absolute atomic E-state index is 0.00902. The van der Waals surface area contributed by atoms with E-state index in [1.54, 1.807) is 4.90 Å². The fraction of sp³-hybridized carbons (Fsp3) is 0.500. The molecule has 3 rings (SSSR count). The van der Waals surface area contributed by atoms with Crippen LogP contribution in [-0.4, -0.2) is 36.4 Å². The summed E-state index contributed by atoms with van der Waals surface area (Å²) in [5.74, 6) is -2.64. The normalized spacial score (nSPS) is 20.5. The van der Waals surface area contributed by atoms with Gasteiger partial charge in [-0.2, -0.15) is 0 Å². The predicted molar refractivity (Wildman–Crippen MR) is 79.0 cm³/mol. The second-order valence-electron chi connectivity index (χ2n) is 5.93. The average Bonchev–Trinajstić information content (AvgIpc) is 3.22. The van der Waals surface area contributed by atoms with E-state index >= 15 is 0 Å². The fourth-order valence-electron chi connectivity index (χ4n) is 2.92. The summed E-state index contributed by atoms with van der Waals surface area (Å²) in [5.41, 5.74) is 0.0107. The molecule has 5 nitrogen and oxygen atoms in total. The lowest BCUT2D eigenvalue weighted by Gasteiger charge is -2.24. The molecule has 1 saturated heterocycles. The molecule has 1 atom stereocenters. The lowest BCUT2D eigenvalue weighted by atomic mass is 10.2. The van der Waals surface area contributed by atoms with Gasteiger partial charge in [0.2, 0.25) is 11.8 Å². The van der Waals surface area contributed by atoms with Crippen LogP contribution in [0.1, 0.15) is 25.7 Å². The Balaban J connectivity index is 1.72. The number of ether oxygens (including phenoxy) is 1. The summed E-state index contributed by atoms with van der Waals surface area (Å²) < 4.78 is 32.0. The van der Waals surface area contributed by atoms with Gasteiger partial charge in [0.15, 0.2) is 17.4 Å². The molecule has 1 N–H and O–H groups in total. The number of halogens is 2. The summed E-state index contributed by atoms with van der Waals surface area (Å²) in [6, 6.07) is 1.43. The topological polar surface area (TPSA) is 58.6 Å². The first kappa shape index (κ1) is 15.7. The van der Waals surface area contributed by atoms with Gasteiger partial charge < -0.3 is 15.0 Å². The first-order valence-electron chi connectivity index (χ1n) is 7.65. The number of anilines is 1. The van der Waals surface area contributed by atoms with Gasteiger partial charge in [0, 0.05) is 30.3 Å². The quantitative estimate of drug-likeness (QED) is 0.925. The second kappa shape index (κ2) is 6.14. The molecule has 1 aliphatic heterocycles. The van der Waals surface area contributed by atoms with E-state index < -0.39 is 29.3 Å². The number of nitrogens with one attached hydrogen (secondary N) is 1. The number of hydrogen-bond donors (Lipinski definition) is 1. The van der Waals surface area contributed by atoms with Gasteiger partial charge in [-0.15, -0.1) is 0 Å². The first-order valence-corrected chi connectivity index (χ1v) is 7.65. The lowest BCUT2D eigenvalue weighted by molar-refractivity contribution is -0.137. The van der Waals surface area contributed by atoms with Crippen LogP contribution in [0.15, 0.2) is 12.1 Å². The molecule has 23 heavy (non-hydrogen) atoms. The van der Waals surface area contributed by atoms with Gasteiger partial charge in [0.25, 0.3) is 0 Å². The maximum Gasteiger partial charge on any atom is 0.247 e. The van der Waals surface area contributed by atoms with Crippen LogP contribution in [-0.2, 0) is 9.59 Å². The average molecular weight is 324 g/mol. The molecule has 0 bridgehead atoms. The van der Waals surface area contributed by atoms with E-state index in [-0.39, 0.29) is 17.5 Å². The summed E-state index contributed by atoms with van der Waals surface area (Å²) >= 11 is 0. The zero-order chi connectivity index (χ0) is 16.6. The van der Waals surface area contributed by atoms with Crippen molar-refractivity contribution < 1.29 is 23.1 Å². The molecule has 0 aromatic heterocycles. The summed E-state index contributed by atoms with van der Waals surface area (Å²) in [6.07, 6.45) is 3.06. The number of methoxy groups -OCH3 is 1. The van der Waals surface area contributed by atoms with Crippen molar-refractivity contribution in [2.45, 2.75) is 31.7 Å². The van der Waals surface area contributed by atoms with Crippen molar-refractivity contribution in [2.24, 2.45) is 5.92 Å². The molecule has 0 radical (unpaired) electrons. The maximum absolute atomic E-state index is 13.7. The molecule has 0 spiro atoms. The number of likely N-dealkylation sites (tertiary alicyclic amines) is 1. The van der Waals surface area contributed by atoms with Gasteiger partial charge in [-0.3, -0.25) is 9.59 Å². The molecule has 1 aliphatic carbocycles. The molecular formula is C16H18F2N2O3. The van der Waals surface area contributed by atoms with Crippen molar-refractivity contribution in [1.29, 1.82) is 0 Å². The van der Waals surface area contributed by atoms with Crippen molar-refractivity contribution in [3.63, 3.8) is 0 Å². The summed E-state index contributed by atoms with van der Waals surface area (Å²) in [7, 11) is 1.17. The number of nitrogens with zero attached hydrogens (tertiary/aromatic N) is 1. The molecular weight excluding hydrogens is 306 g/mol. The zero-order valence-electron chi connectivity index (χ0n) is 12.8. The van der Waals surface area contributed by atoms with Gasteiger partial charge in [0.05, 0.1) is 7.11 Å². The first-order chi connectivity index (χ1) is 11.0. The van der Waals surface area contributed by atoms with E-state index in [4.69, 9.17) is 0 Å². The number of hydrogen-bond acceptors (Lipinski definition) is 3. The molecule has 1 saturated carbocycles. The molecule has 2 fully saturated rings. The number of amides is 2. The van der Waals surface area contributed by atoms with Crippen LogP contribution >= 0.6 is 0 Å². The van der Waals surface area contributed by atoms with Crippen LogP contribution in [0.2, 0.25) is 0 Å². The highest BCUT2D eigenvalue weighted by Crippen LogP contribution is 2.34. The highest BCUT2D eigenvalue weighted by molar-refractivity contribution is 5.98. The SMILES string of the molecule is COc1c(F)cc(NC(=O)C2CCCN2C(=O)C2CC2)cc1F. The minimum Gasteiger partial charge on any atom is -0.491 e. The van der Waals surface area contributed by atoms with Gasteiger partial charge in [0.1, 0.15) is 6.04 Å². The molecule has 7 heteroatoms. The van der Waals surface area contributed by atoms with Crippen molar-refractivity contribution in [3.8, 4) is 5.75 Å². The molecule has 2 amide bonds. The Bertz CT molecular complexity index is 623. The Kier molecular flexibility index (Phi) is 4.19. The fourth-order valence-corrected chi connectivity index (χ4v) is 2.92. The Hall–Kier alpha value is -2.18. The number of carbonyl (C=O) groups is 2. The number of carbonyl (C=O) groups excluding carboxylic acids is 2. The zero-order valence-corrected chi connectivity index (χ0v) is 12.8. The molecule has 2 aliphatic rings. The molecule has 1 aromatic carbocycles. The van der Waals surface area contributed by atoms with Crippen molar-refractivity contribution in [2.75, 3.05) is 19.0 Å². The van der Waals surface area contributed by atoms with Crippen molar-refractivity contribution in [3.05, 3.63) is 23.8 Å². The Morgan fingerprint density at radius 1 is 1.22 bits per heavy atom. The van der Waals surface area contributed by atoms with E-state index in [2.05, 4.69) is 10.1 Å². The van der Waals surface area contributed by atoms with Crippen LogP contribution in [0.25, 0.3) is 0 Å². The Labute approximate surface area is 132 Å². The van der Waals surface area contributed by atoms with E-state index in [0.29, 0.717) is 13.0 Å². The van der Waals surface area contributed by atoms with Crippen LogP contribution in [0.5, 0.6) is 5.75 Å². The van der Waals surface area contributed by atoms with E-state index in [0.717, 1.165) is 31.4 Å². The van der Waals surface area contributed by atoms with E-state index in [1.165, 1.54) is 7.11 Å². The van der Waals surface area contributed by atoms with Gasteiger partial charge >= 0.3 is 0 Å². The largest absolute Gasteiger partial charge is 0.491 e. The molecule has 124 valence electrons. The number of rotatable bonds is 4. The maximum atomic E-state index is 13.7. The third-order valence-electron chi connectivity index (χ3n) is 4.24. The van der Waals surface area contributed by atoms with Crippen LogP contribution in [0.3, 0.4) is 0 Å². The summed E-state index contributed by atoms with van der Waals surface area (Å²) in [4.78, 5) is 26.1.